The lowest BCUT2D eigenvalue weighted by Gasteiger charge is -2.29. The van der Waals surface area contributed by atoms with E-state index in [1.165, 1.54) is 0 Å². The van der Waals surface area contributed by atoms with Crippen molar-refractivity contribution in [2.24, 2.45) is 5.92 Å². The lowest BCUT2D eigenvalue weighted by Crippen LogP contribution is -2.39. The Morgan fingerprint density at radius 3 is 2.73 bits per heavy atom. The minimum atomic E-state index is 0.129. The summed E-state index contributed by atoms with van der Waals surface area (Å²) in [6.07, 6.45) is 1.75. The lowest BCUT2D eigenvalue weighted by atomic mass is 9.96. The summed E-state index contributed by atoms with van der Waals surface area (Å²) in [5, 5.41) is 6.75. The molecule has 1 fully saturated rings. The van der Waals surface area contributed by atoms with E-state index in [-0.39, 0.29) is 11.8 Å². The minimum absolute atomic E-state index is 0.129. The Balaban J connectivity index is 1.57. The van der Waals surface area contributed by atoms with Gasteiger partial charge in [0.15, 0.2) is 0 Å². The number of amides is 1. The monoisotopic (exact) mass is 300 g/mol. The van der Waals surface area contributed by atoms with Crippen LogP contribution in [0.2, 0.25) is 0 Å². The molecular weight excluding hydrogens is 280 g/mol. The zero-order valence-corrected chi connectivity index (χ0v) is 12.7. The van der Waals surface area contributed by atoms with Crippen molar-refractivity contribution in [3.63, 3.8) is 0 Å². The number of carbonyl (C=O) groups excluding carboxylic acids is 1. The summed E-state index contributed by atoms with van der Waals surface area (Å²) in [6.45, 7) is 2.39. The number of nitrogens with zero attached hydrogens (tertiary/aromatic N) is 3. The number of hydrogen-bond acceptors (Lipinski definition) is 5. The summed E-state index contributed by atoms with van der Waals surface area (Å²) in [5.41, 5.74) is 0.954. The van der Waals surface area contributed by atoms with E-state index in [0.717, 1.165) is 31.5 Å². The Morgan fingerprint density at radius 2 is 2.05 bits per heavy atom. The molecule has 1 aliphatic heterocycles. The number of hydrogen-bond donors (Lipinski definition) is 1. The van der Waals surface area contributed by atoms with Crippen LogP contribution in [0.25, 0.3) is 11.4 Å². The van der Waals surface area contributed by atoms with Gasteiger partial charge in [-0.15, -0.1) is 0 Å². The van der Waals surface area contributed by atoms with E-state index in [2.05, 4.69) is 20.4 Å². The average molecular weight is 300 g/mol. The van der Waals surface area contributed by atoms with Crippen LogP contribution in [0.15, 0.2) is 34.9 Å². The molecule has 0 atom stereocenters. The SMILES string of the molecule is CNC(=O)C1CCN(Cc2nc(-c3ccccc3)no2)CC1. The van der Waals surface area contributed by atoms with E-state index in [4.69, 9.17) is 4.52 Å². The maximum Gasteiger partial charge on any atom is 0.241 e. The van der Waals surface area contributed by atoms with Crippen LogP contribution in [0.3, 0.4) is 0 Å². The van der Waals surface area contributed by atoms with Crippen molar-refractivity contribution < 1.29 is 9.32 Å². The fraction of sp³-hybridized carbons (Fsp3) is 0.438. The van der Waals surface area contributed by atoms with Crippen molar-refractivity contribution in [2.75, 3.05) is 20.1 Å². The van der Waals surface area contributed by atoms with Crippen LogP contribution in [0.5, 0.6) is 0 Å². The molecule has 0 spiro atoms. The van der Waals surface area contributed by atoms with Crippen LogP contribution >= 0.6 is 0 Å². The number of aromatic nitrogens is 2. The van der Waals surface area contributed by atoms with Gasteiger partial charge in [-0.05, 0) is 25.9 Å². The normalized spacial score (nSPS) is 16.6. The summed E-state index contributed by atoms with van der Waals surface area (Å²) in [6, 6.07) is 9.79. The Hall–Kier alpha value is -2.21. The van der Waals surface area contributed by atoms with Crippen LogP contribution in [0, 0.1) is 5.92 Å². The van der Waals surface area contributed by atoms with Crippen LogP contribution in [0.1, 0.15) is 18.7 Å². The van der Waals surface area contributed by atoms with Gasteiger partial charge in [0.2, 0.25) is 17.6 Å². The third-order valence-corrected chi connectivity index (χ3v) is 4.06. The summed E-state index contributed by atoms with van der Waals surface area (Å²) < 4.78 is 5.34. The first-order valence-corrected chi connectivity index (χ1v) is 7.58. The maximum absolute atomic E-state index is 11.6. The zero-order valence-electron chi connectivity index (χ0n) is 12.7. The van der Waals surface area contributed by atoms with Gasteiger partial charge >= 0.3 is 0 Å². The summed E-state index contributed by atoms with van der Waals surface area (Å²) in [5.74, 6) is 1.51. The first-order valence-electron chi connectivity index (χ1n) is 7.58. The van der Waals surface area contributed by atoms with E-state index in [1.807, 2.05) is 30.3 Å². The van der Waals surface area contributed by atoms with Crippen molar-refractivity contribution >= 4 is 5.91 Å². The fourth-order valence-electron chi connectivity index (χ4n) is 2.77. The number of piperidine rings is 1. The van der Waals surface area contributed by atoms with Gasteiger partial charge in [0.1, 0.15) is 0 Å². The van der Waals surface area contributed by atoms with Crippen LogP contribution < -0.4 is 5.32 Å². The molecule has 0 saturated carbocycles. The largest absolute Gasteiger partial charge is 0.359 e. The maximum atomic E-state index is 11.6. The standard InChI is InChI=1S/C16H20N4O2/c1-17-16(21)13-7-9-20(10-8-13)11-14-18-15(19-22-14)12-5-3-2-4-6-12/h2-6,13H,7-11H2,1H3,(H,17,21). The van der Waals surface area contributed by atoms with Gasteiger partial charge in [0, 0.05) is 18.5 Å². The Bertz CT molecular complexity index is 618. The van der Waals surface area contributed by atoms with Crippen LogP contribution in [0.4, 0.5) is 0 Å². The van der Waals surface area contributed by atoms with E-state index in [0.29, 0.717) is 18.3 Å². The lowest BCUT2D eigenvalue weighted by molar-refractivity contribution is -0.125. The number of nitrogens with one attached hydrogen (secondary N) is 1. The quantitative estimate of drug-likeness (QED) is 0.930. The minimum Gasteiger partial charge on any atom is -0.359 e. The molecule has 0 unspecified atom stereocenters. The second-order valence-electron chi connectivity index (χ2n) is 5.54. The van der Waals surface area contributed by atoms with Crippen molar-refractivity contribution in [3.8, 4) is 11.4 Å². The number of likely N-dealkylation sites (tertiary alicyclic amines) is 1. The topological polar surface area (TPSA) is 71.3 Å². The zero-order chi connectivity index (χ0) is 15.4. The van der Waals surface area contributed by atoms with Crippen molar-refractivity contribution in [3.05, 3.63) is 36.2 Å². The summed E-state index contributed by atoms with van der Waals surface area (Å²) >= 11 is 0. The van der Waals surface area contributed by atoms with Crippen molar-refractivity contribution in [1.82, 2.24) is 20.4 Å². The molecular formula is C16H20N4O2. The second-order valence-corrected chi connectivity index (χ2v) is 5.54. The molecule has 1 aromatic carbocycles. The fourth-order valence-corrected chi connectivity index (χ4v) is 2.77. The molecule has 1 amide bonds. The third-order valence-electron chi connectivity index (χ3n) is 4.06. The smallest absolute Gasteiger partial charge is 0.241 e. The Labute approximate surface area is 129 Å². The Morgan fingerprint density at radius 1 is 1.32 bits per heavy atom. The van der Waals surface area contributed by atoms with E-state index in [9.17, 15) is 4.79 Å². The van der Waals surface area contributed by atoms with Gasteiger partial charge in [-0.3, -0.25) is 9.69 Å². The summed E-state index contributed by atoms with van der Waals surface area (Å²) in [4.78, 5) is 18.3. The predicted octanol–water partition coefficient (Wildman–Crippen LogP) is 1.69. The molecule has 6 heteroatoms. The average Bonchev–Trinajstić information content (AvgIpc) is 3.04. The van der Waals surface area contributed by atoms with Gasteiger partial charge in [-0.25, -0.2) is 0 Å². The highest BCUT2D eigenvalue weighted by molar-refractivity contribution is 5.78. The van der Waals surface area contributed by atoms with Crippen molar-refractivity contribution in [2.45, 2.75) is 19.4 Å². The van der Waals surface area contributed by atoms with E-state index < -0.39 is 0 Å². The number of benzene rings is 1. The van der Waals surface area contributed by atoms with E-state index >= 15 is 0 Å². The second kappa shape index (κ2) is 6.70. The van der Waals surface area contributed by atoms with Gasteiger partial charge < -0.3 is 9.84 Å². The third kappa shape index (κ3) is 3.33. The molecule has 1 aliphatic rings. The highest BCUT2D eigenvalue weighted by Gasteiger charge is 2.25. The molecule has 2 aromatic rings. The van der Waals surface area contributed by atoms with Crippen LogP contribution in [-0.4, -0.2) is 41.1 Å². The molecule has 0 bridgehead atoms. The number of carbonyl (C=O) groups is 1. The first-order chi connectivity index (χ1) is 10.8. The van der Waals surface area contributed by atoms with Crippen LogP contribution in [-0.2, 0) is 11.3 Å². The molecule has 2 heterocycles. The Kier molecular flexibility index (Phi) is 4.48. The highest BCUT2D eigenvalue weighted by atomic mass is 16.5. The van der Waals surface area contributed by atoms with E-state index in [1.54, 1.807) is 7.05 Å². The molecule has 1 saturated heterocycles. The summed E-state index contributed by atoms with van der Waals surface area (Å²) in [7, 11) is 1.69. The molecule has 1 N–H and O–H groups in total. The molecule has 0 radical (unpaired) electrons. The molecule has 1 aromatic heterocycles. The van der Waals surface area contributed by atoms with Gasteiger partial charge in [0.25, 0.3) is 0 Å². The molecule has 116 valence electrons. The molecule has 3 rings (SSSR count). The van der Waals surface area contributed by atoms with Crippen molar-refractivity contribution in [1.29, 1.82) is 0 Å². The number of rotatable bonds is 4. The highest BCUT2D eigenvalue weighted by Crippen LogP contribution is 2.20. The molecule has 0 aliphatic carbocycles. The van der Waals surface area contributed by atoms with Gasteiger partial charge in [-0.2, -0.15) is 4.98 Å². The van der Waals surface area contributed by atoms with Gasteiger partial charge in [0.05, 0.1) is 6.54 Å². The predicted molar refractivity (Wildman–Crippen MR) is 81.8 cm³/mol. The molecule has 22 heavy (non-hydrogen) atoms. The molecule has 6 nitrogen and oxygen atoms in total. The van der Waals surface area contributed by atoms with Gasteiger partial charge in [-0.1, -0.05) is 35.5 Å². The first kappa shape index (κ1) is 14.7.